The van der Waals surface area contributed by atoms with Crippen LogP contribution in [0.15, 0.2) is 47.6 Å². The van der Waals surface area contributed by atoms with Crippen molar-refractivity contribution >= 4 is 35.0 Å². The molecule has 0 spiro atoms. The number of aliphatic hydroxyl groups is 1. The lowest BCUT2D eigenvalue weighted by Gasteiger charge is -2.08. The van der Waals surface area contributed by atoms with Gasteiger partial charge in [0.05, 0.1) is 24.2 Å². The monoisotopic (exact) mass is 308 g/mol. The number of hydrogen-bond acceptors (Lipinski definition) is 4. The molecule has 4 nitrogen and oxygen atoms in total. The van der Waals surface area contributed by atoms with Crippen molar-refractivity contribution in [1.82, 2.24) is 4.98 Å². The summed E-state index contributed by atoms with van der Waals surface area (Å²) in [7, 11) is 0. The number of amides is 1. The van der Waals surface area contributed by atoms with E-state index in [1.165, 1.54) is 18.0 Å². The number of halogens is 1. The lowest BCUT2D eigenvalue weighted by molar-refractivity contribution is -0.113. The minimum absolute atomic E-state index is 0.136. The highest BCUT2D eigenvalue weighted by molar-refractivity contribution is 8.00. The van der Waals surface area contributed by atoms with Crippen LogP contribution in [0, 0.1) is 0 Å². The van der Waals surface area contributed by atoms with Gasteiger partial charge in [-0.3, -0.25) is 9.78 Å². The zero-order valence-corrected chi connectivity index (χ0v) is 12.1. The predicted octanol–water partition coefficient (Wildman–Crippen LogP) is 2.96. The first kappa shape index (κ1) is 14.8. The first-order chi connectivity index (χ1) is 9.69. The molecule has 0 saturated heterocycles. The number of thioether (sulfide) groups is 1. The van der Waals surface area contributed by atoms with E-state index >= 15 is 0 Å². The molecule has 1 aromatic carbocycles. The van der Waals surface area contributed by atoms with Gasteiger partial charge >= 0.3 is 0 Å². The van der Waals surface area contributed by atoms with Crippen LogP contribution in [0.2, 0.25) is 5.02 Å². The molecule has 0 aliphatic carbocycles. The summed E-state index contributed by atoms with van der Waals surface area (Å²) < 4.78 is 0. The highest BCUT2D eigenvalue weighted by atomic mass is 35.5. The van der Waals surface area contributed by atoms with Crippen LogP contribution in [0.4, 0.5) is 5.69 Å². The molecule has 20 heavy (non-hydrogen) atoms. The molecule has 1 heterocycles. The molecule has 0 fully saturated rings. The maximum atomic E-state index is 11.9. The second-order valence-electron chi connectivity index (χ2n) is 3.98. The number of nitrogens with one attached hydrogen (secondary N) is 1. The molecule has 0 atom stereocenters. The van der Waals surface area contributed by atoms with Crippen LogP contribution in [0.3, 0.4) is 0 Å². The Bertz CT molecular complexity index is 590. The van der Waals surface area contributed by atoms with Gasteiger partial charge in [0.15, 0.2) is 0 Å². The van der Waals surface area contributed by atoms with Gasteiger partial charge in [0.2, 0.25) is 5.91 Å². The molecule has 1 amide bonds. The van der Waals surface area contributed by atoms with Crippen molar-refractivity contribution in [3.05, 3.63) is 53.3 Å². The molecule has 0 radical (unpaired) electrons. The number of aromatic nitrogens is 1. The van der Waals surface area contributed by atoms with Crippen molar-refractivity contribution in [2.45, 2.75) is 11.5 Å². The second kappa shape index (κ2) is 7.28. The van der Waals surface area contributed by atoms with Crippen LogP contribution >= 0.6 is 23.4 Å². The van der Waals surface area contributed by atoms with E-state index in [4.69, 9.17) is 16.7 Å². The maximum Gasteiger partial charge on any atom is 0.234 e. The summed E-state index contributed by atoms with van der Waals surface area (Å²) in [6.07, 6.45) is 3.10. The van der Waals surface area contributed by atoms with E-state index < -0.39 is 0 Å². The Labute approximate surface area is 126 Å². The number of carbonyl (C=O) groups excluding carboxylic acids is 1. The summed E-state index contributed by atoms with van der Waals surface area (Å²) in [5, 5.41) is 12.6. The van der Waals surface area contributed by atoms with Crippen molar-refractivity contribution in [3.8, 4) is 0 Å². The number of carbonyl (C=O) groups is 1. The summed E-state index contributed by atoms with van der Waals surface area (Å²) in [5.74, 6) is 0.133. The minimum Gasteiger partial charge on any atom is -0.392 e. The fourth-order valence-electron chi connectivity index (χ4n) is 1.54. The molecule has 0 saturated carbocycles. The van der Waals surface area contributed by atoms with E-state index in [0.717, 1.165) is 4.90 Å². The summed E-state index contributed by atoms with van der Waals surface area (Å²) >= 11 is 7.21. The lowest BCUT2D eigenvalue weighted by Crippen LogP contribution is -2.15. The van der Waals surface area contributed by atoms with Gasteiger partial charge in [-0.15, -0.1) is 11.8 Å². The molecule has 0 aliphatic rings. The Kier molecular flexibility index (Phi) is 5.40. The average Bonchev–Trinajstić information content (AvgIpc) is 2.47. The van der Waals surface area contributed by atoms with E-state index in [1.807, 2.05) is 12.1 Å². The number of pyridine rings is 1. The third-order valence-electron chi connectivity index (χ3n) is 2.54. The number of nitrogens with zero attached hydrogens (tertiary/aromatic N) is 1. The maximum absolute atomic E-state index is 11.9. The van der Waals surface area contributed by atoms with Crippen LogP contribution in [0.25, 0.3) is 0 Å². The smallest absolute Gasteiger partial charge is 0.234 e. The van der Waals surface area contributed by atoms with Crippen LogP contribution in [0.1, 0.15) is 5.56 Å². The fourth-order valence-corrected chi connectivity index (χ4v) is 2.36. The number of aliphatic hydroxyl groups excluding tert-OH is 1. The molecule has 2 aromatic rings. The fraction of sp³-hybridized carbons (Fsp3) is 0.143. The molecule has 104 valence electrons. The highest BCUT2D eigenvalue weighted by Crippen LogP contribution is 2.21. The third kappa shape index (κ3) is 4.23. The van der Waals surface area contributed by atoms with Gasteiger partial charge in [0, 0.05) is 21.7 Å². The van der Waals surface area contributed by atoms with Crippen molar-refractivity contribution in [3.63, 3.8) is 0 Å². The number of anilines is 1. The standard InChI is InChI=1S/C14H13ClN2O2S/c15-11-1-3-12(4-2-11)20-9-14(19)17-13-7-16-6-5-10(13)8-18/h1-7,18H,8-9H2,(H,17,19). The topological polar surface area (TPSA) is 62.2 Å². The van der Waals surface area contributed by atoms with Crippen molar-refractivity contribution in [2.75, 3.05) is 11.1 Å². The molecular weight excluding hydrogens is 296 g/mol. The predicted molar refractivity (Wildman–Crippen MR) is 81.0 cm³/mol. The van der Waals surface area contributed by atoms with Gasteiger partial charge in [0.1, 0.15) is 0 Å². The van der Waals surface area contributed by atoms with Crippen LogP contribution in [-0.2, 0) is 11.4 Å². The van der Waals surface area contributed by atoms with Gasteiger partial charge in [-0.2, -0.15) is 0 Å². The van der Waals surface area contributed by atoms with Gasteiger partial charge in [-0.1, -0.05) is 11.6 Å². The van der Waals surface area contributed by atoms with E-state index in [0.29, 0.717) is 16.3 Å². The summed E-state index contributed by atoms with van der Waals surface area (Å²) in [4.78, 5) is 16.8. The van der Waals surface area contributed by atoms with Gasteiger partial charge < -0.3 is 10.4 Å². The molecular formula is C14H13ClN2O2S. The zero-order valence-electron chi connectivity index (χ0n) is 10.5. The second-order valence-corrected chi connectivity index (χ2v) is 5.47. The Hall–Kier alpha value is -1.56. The first-order valence-electron chi connectivity index (χ1n) is 5.91. The van der Waals surface area contributed by atoms with Gasteiger partial charge in [-0.05, 0) is 30.3 Å². The van der Waals surface area contributed by atoms with Gasteiger partial charge in [-0.25, -0.2) is 0 Å². The van der Waals surface area contributed by atoms with Crippen molar-refractivity contribution in [2.24, 2.45) is 0 Å². The molecule has 1 aromatic heterocycles. The van der Waals surface area contributed by atoms with Crippen LogP contribution < -0.4 is 5.32 Å². The highest BCUT2D eigenvalue weighted by Gasteiger charge is 2.07. The zero-order chi connectivity index (χ0) is 14.4. The summed E-state index contributed by atoms with van der Waals surface area (Å²) in [5.41, 5.74) is 1.18. The average molecular weight is 309 g/mol. The van der Waals surface area contributed by atoms with E-state index in [-0.39, 0.29) is 18.3 Å². The molecule has 0 bridgehead atoms. The summed E-state index contributed by atoms with van der Waals surface area (Å²) in [6, 6.07) is 8.97. The summed E-state index contributed by atoms with van der Waals surface area (Å²) in [6.45, 7) is -0.136. The lowest BCUT2D eigenvalue weighted by atomic mass is 10.2. The first-order valence-corrected chi connectivity index (χ1v) is 7.27. The van der Waals surface area contributed by atoms with Crippen molar-refractivity contribution in [1.29, 1.82) is 0 Å². The minimum atomic E-state index is -0.146. The Morgan fingerprint density at radius 1 is 1.30 bits per heavy atom. The van der Waals surface area contributed by atoms with E-state index in [9.17, 15) is 4.79 Å². The number of hydrogen-bond donors (Lipinski definition) is 2. The quantitative estimate of drug-likeness (QED) is 0.834. The normalized spacial score (nSPS) is 10.3. The molecule has 0 unspecified atom stereocenters. The van der Waals surface area contributed by atoms with Crippen LogP contribution in [-0.4, -0.2) is 21.8 Å². The SMILES string of the molecule is O=C(CSc1ccc(Cl)cc1)Nc1cnccc1CO. The van der Waals surface area contributed by atoms with Gasteiger partial charge in [0.25, 0.3) is 0 Å². The number of benzene rings is 1. The van der Waals surface area contributed by atoms with E-state index in [2.05, 4.69) is 10.3 Å². The van der Waals surface area contributed by atoms with E-state index in [1.54, 1.807) is 24.4 Å². The molecule has 6 heteroatoms. The number of rotatable bonds is 5. The molecule has 0 aliphatic heterocycles. The Morgan fingerprint density at radius 2 is 2.05 bits per heavy atom. The van der Waals surface area contributed by atoms with Crippen molar-refractivity contribution < 1.29 is 9.90 Å². The Morgan fingerprint density at radius 3 is 2.75 bits per heavy atom. The Balaban J connectivity index is 1.91. The van der Waals surface area contributed by atoms with Crippen LogP contribution in [0.5, 0.6) is 0 Å². The third-order valence-corrected chi connectivity index (χ3v) is 3.80. The molecule has 2 N–H and O–H groups in total. The largest absolute Gasteiger partial charge is 0.392 e. The molecule has 2 rings (SSSR count).